The lowest BCUT2D eigenvalue weighted by Gasteiger charge is -2.43. The van der Waals surface area contributed by atoms with Gasteiger partial charge in [0.15, 0.2) is 5.82 Å². The normalized spacial score (nSPS) is 19.1. The Bertz CT molecular complexity index is 2560. The summed E-state index contributed by atoms with van der Waals surface area (Å²) in [5, 5.41) is 9.06. The molecule has 6 heterocycles. The molecule has 1 aromatic heterocycles. The average Bonchev–Trinajstić information content (AvgIpc) is 3.64. The monoisotopic (exact) mass is 921 g/mol. The molecule has 3 fully saturated rings. The molecular formula is C53H64N10O5. The third-order valence-electron chi connectivity index (χ3n) is 14.2. The van der Waals surface area contributed by atoms with E-state index in [0.29, 0.717) is 59.9 Å². The van der Waals surface area contributed by atoms with Crippen molar-refractivity contribution in [3.63, 3.8) is 0 Å². The van der Waals surface area contributed by atoms with Crippen LogP contribution < -0.4 is 25.6 Å². The Hall–Kier alpha value is -6.34. The lowest BCUT2D eigenvalue weighted by Crippen LogP contribution is -2.53. The smallest absolute Gasteiger partial charge is 0.260 e. The van der Waals surface area contributed by atoms with Crippen molar-refractivity contribution in [1.82, 2.24) is 34.9 Å². The second-order valence-electron chi connectivity index (χ2n) is 18.6. The minimum absolute atomic E-state index is 0.115. The summed E-state index contributed by atoms with van der Waals surface area (Å²) in [5.41, 5.74) is 6.26. The number of anilines is 5. The Kier molecular flexibility index (Phi) is 14.9. The second-order valence-corrected chi connectivity index (χ2v) is 18.6. The van der Waals surface area contributed by atoms with E-state index in [1.165, 1.54) is 57.1 Å². The fourth-order valence-corrected chi connectivity index (χ4v) is 10.3. The van der Waals surface area contributed by atoms with Crippen molar-refractivity contribution in [3.8, 4) is 17.6 Å². The van der Waals surface area contributed by atoms with Crippen molar-refractivity contribution in [3.05, 3.63) is 94.7 Å². The van der Waals surface area contributed by atoms with Gasteiger partial charge in [-0.05, 0) is 106 Å². The Morgan fingerprint density at radius 3 is 2.40 bits per heavy atom. The number of nitrogens with zero attached hydrogens (tertiary/aromatic N) is 7. The summed E-state index contributed by atoms with van der Waals surface area (Å²) in [6.07, 6.45) is 12.7. The number of piperidine rings is 2. The molecule has 4 amide bonds. The van der Waals surface area contributed by atoms with Crippen molar-refractivity contribution in [2.24, 2.45) is 0 Å². The summed E-state index contributed by atoms with van der Waals surface area (Å²) in [6, 6.07) is 19.4. The molecule has 9 rings (SSSR count). The lowest BCUT2D eigenvalue weighted by atomic mass is 10.0. The van der Waals surface area contributed by atoms with Gasteiger partial charge in [0.25, 0.3) is 11.8 Å². The van der Waals surface area contributed by atoms with E-state index in [2.05, 4.69) is 59.6 Å². The molecule has 68 heavy (non-hydrogen) atoms. The third kappa shape index (κ3) is 10.8. The van der Waals surface area contributed by atoms with E-state index in [1.807, 2.05) is 49.4 Å². The number of likely N-dealkylation sites (tertiary alicyclic amines) is 1. The van der Waals surface area contributed by atoms with Crippen LogP contribution in [0.4, 0.5) is 28.8 Å². The van der Waals surface area contributed by atoms with E-state index in [9.17, 15) is 19.2 Å². The molecule has 0 aliphatic carbocycles. The number of carbonyl (C=O) groups is 4. The zero-order valence-corrected chi connectivity index (χ0v) is 39.5. The molecule has 4 aromatic rings. The Labute approximate surface area is 400 Å². The molecule has 3 saturated heterocycles. The maximum atomic E-state index is 13.1. The Morgan fingerprint density at radius 2 is 1.59 bits per heavy atom. The van der Waals surface area contributed by atoms with Gasteiger partial charge in [-0.1, -0.05) is 61.8 Å². The second kappa shape index (κ2) is 21.7. The van der Waals surface area contributed by atoms with E-state index < -0.39 is 11.9 Å². The molecule has 0 bridgehead atoms. The van der Waals surface area contributed by atoms with E-state index in [1.54, 1.807) is 29.1 Å². The standard InChI is InChI=1S/C53H64N10O5/c1-3-68-47-33-37(20-21-44(47)56-53-54-34-46-49(58-53)55-43-19-12-11-17-41(43)51(66)59(46)2)35-61-27-24-39(25-28-61)62-31-29-60(30-32-62)26-13-9-7-5-4-6-8-10-15-38-16-14-18-40-42(38)36-63(52(40)67)45-22-23-48(64)57-50(45)65/h11-12,14,16-21,33-34,39,45H,3-9,13,22-32,35-36H2,1-2H3,(H,57,64,65)(H2,54,55,56,58). The van der Waals surface area contributed by atoms with Crippen LogP contribution in [0.2, 0.25) is 0 Å². The highest BCUT2D eigenvalue weighted by molar-refractivity contribution is 6.12. The summed E-state index contributed by atoms with van der Waals surface area (Å²) in [7, 11) is 1.74. The van der Waals surface area contributed by atoms with Gasteiger partial charge in [0, 0.05) is 76.3 Å². The highest BCUT2D eigenvalue weighted by Crippen LogP contribution is 2.36. The summed E-state index contributed by atoms with van der Waals surface area (Å²) in [5.74, 6) is 7.41. The van der Waals surface area contributed by atoms with E-state index >= 15 is 0 Å². The topological polar surface area (TPSA) is 156 Å². The van der Waals surface area contributed by atoms with Gasteiger partial charge in [-0.3, -0.25) is 34.3 Å². The molecule has 3 aromatic carbocycles. The Morgan fingerprint density at radius 1 is 0.809 bits per heavy atom. The van der Waals surface area contributed by atoms with Crippen LogP contribution in [-0.2, 0) is 22.7 Å². The van der Waals surface area contributed by atoms with Gasteiger partial charge in [0.1, 0.15) is 17.5 Å². The van der Waals surface area contributed by atoms with E-state index in [-0.39, 0.29) is 24.1 Å². The largest absolute Gasteiger partial charge is 0.492 e. The van der Waals surface area contributed by atoms with Crippen LogP contribution in [0, 0.1) is 11.8 Å². The van der Waals surface area contributed by atoms with Crippen LogP contribution in [-0.4, -0.2) is 125 Å². The predicted molar refractivity (Wildman–Crippen MR) is 263 cm³/mol. The first-order chi connectivity index (χ1) is 33.2. The third-order valence-corrected chi connectivity index (χ3v) is 14.2. The number of piperazine rings is 1. The number of imide groups is 1. The molecule has 1 atom stereocenters. The summed E-state index contributed by atoms with van der Waals surface area (Å²) in [4.78, 5) is 70.7. The molecular weight excluding hydrogens is 857 g/mol. The molecule has 5 aliphatic rings. The van der Waals surface area contributed by atoms with Crippen LogP contribution in [0.5, 0.6) is 5.75 Å². The molecule has 1 unspecified atom stereocenters. The van der Waals surface area contributed by atoms with Crippen LogP contribution in [0.25, 0.3) is 0 Å². The summed E-state index contributed by atoms with van der Waals surface area (Å²) >= 11 is 0. The van der Waals surface area contributed by atoms with E-state index in [4.69, 9.17) is 9.72 Å². The number of para-hydroxylation sites is 1. The number of hydrogen-bond acceptors (Lipinski definition) is 12. The number of hydrogen-bond donors (Lipinski definition) is 3. The van der Waals surface area contributed by atoms with Crippen molar-refractivity contribution in [1.29, 1.82) is 0 Å². The first-order valence-corrected chi connectivity index (χ1v) is 24.7. The van der Waals surface area contributed by atoms with Crippen molar-refractivity contribution >= 4 is 52.5 Å². The molecule has 0 spiro atoms. The van der Waals surface area contributed by atoms with Gasteiger partial charge in [0.2, 0.25) is 17.8 Å². The molecule has 0 saturated carbocycles. The van der Waals surface area contributed by atoms with Gasteiger partial charge >= 0.3 is 0 Å². The summed E-state index contributed by atoms with van der Waals surface area (Å²) < 4.78 is 6.11. The zero-order valence-electron chi connectivity index (χ0n) is 39.5. The number of aromatic nitrogens is 2. The van der Waals surface area contributed by atoms with Crippen molar-refractivity contribution in [2.45, 2.75) is 103 Å². The molecule has 15 heteroatoms. The van der Waals surface area contributed by atoms with Crippen LogP contribution in [0.1, 0.15) is 115 Å². The quantitative estimate of drug-likeness (QED) is 0.0598. The number of ether oxygens (including phenoxy) is 1. The maximum absolute atomic E-state index is 13.1. The number of unbranched alkanes of at least 4 members (excludes halogenated alkanes) is 6. The number of benzene rings is 3. The van der Waals surface area contributed by atoms with Gasteiger partial charge < -0.3 is 30.1 Å². The SMILES string of the molecule is CCOc1cc(CN2CCC(N3CCN(CCCCCCCCC#Cc4cccc5c4CN(C4CCC(=O)NC4=O)C5=O)CC3)CC2)ccc1Nc1ncc2c(n1)Nc1ccccc1C(=O)N2C. The number of fused-ring (bicyclic) bond motifs is 3. The van der Waals surface area contributed by atoms with Gasteiger partial charge in [-0.15, -0.1) is 0 Å². The first-order valence-electron chi connectivity index (χ1n) is 24.7. The minimum Gasteiger partial charge on any atom is -0.492 e. The van der Waals surface area contributed by atoms with Crippen LogP contribution >= 0.6 is 0 Å². The number of carbonyl (C=O) groups excluding carboxylic acids is 4. The van der Waals surface area contributed by atoms with Crippen molar-refractivity contribution in [2.75, 3.05) is 75.0 Å². The molecule has 5 aliphatic heterocycles. The average molecular weight is 921 g/mol. The predicted octanol–water partition coefficient (Wildman–Crippen LogP) is 7.08. The van der Waals surface area contributed by atoms with Gasteiger partial charge in [-0.2, -0.15) is 4.98 Å². The number of rotatable bonds is 16. The maximum Gasteiger partial charge on any atom is 0.260 e. The van der Waals surface area contributed by atoms with Gasteiger partial charge in [0.05, 0.1) is 29.7 Å². The molecule has 356 valence electrons. The highest BCUT2D eigenvalue weighted by atomic mass is 16.5. The van der Waals surface area contributed by atoms with E-state index in [0.717, 1.165) is 81.2 Å². The van der Waals surface area contributed by atoms with Gasteiger partial charge in [-0.25, -0.2) is 4.98 Å². The highest BCUT2D eigenvalue weighted by Gasteiger charge is 2.40. The fraction of sp³-hybridized carbons (Fsp3) is 0.472. The first kappa shape index (κ1) is 46.8. The molecule has 15 nitrogen and oxygen atoms in total. The van der Waals surface area contributed by atoms with Crippen LogP contribution in [0.15, 0.2) is 66.9 Å². The number of amides is 4. The van der Waals surface area contributed by atoms with Crippen LogP contribution in [0.3, 0.4) is 0 Å². The zero-order chi connectivity index (χ0) is 47.0. The van der Waals surface area contributed by atoms with Crippen molar-refractivity contribution < 1.29 is 23.9 Å². The minimum atomic E-state index is -0.613. The molecule has 0 radical (unpaired) electrons. The Balaban J connectivity index is 0.647. The molecule has 3 N–H and O–H groups in total. The lowest BCUT2D eigenvalue weighted by molar-refractivity contribution is -0.136. The summed E-state index contributed by atoms with van der Waals surface area (Å²) in [6.45, 7) is 11.7. The fourth-order valence-electron chi connectivity index (χ4n) is 10.3. The number of nitrogens with one attached hydrogen (secondary N) is 3.